The zero-order valence-electron chi connectivity index (χ0n) is 13.4. The van der Waals surface area contributed by atoms with Crippen LogP contribution in [0, 0.1) is 5.92 Å². The number of hydrogen-bond acceptors (Lipinski definition) is 3. The van der Waals surface area contributed by atoms with E-state index >= 15 is 0 Å². The second-order valence-electron chi connectivity index (χ2n) is 5.53. The van der Waals surface area contributed by atoms with Crippen LogP contribution in [0.25, 0.3) is 0 Å². The highest BCUT2D eigenvalue weighted by Gasteiger charge is 2.13. The maximum absolute atomic E-state index is 12.2. The van der Waals surface area contributed by atoms with Crippen LogP contribution in [0.5, 0.6) is 0 Å². The molecule has 0 aliphatic carbocycles. The summed E-state index contributed by atoms with van der Waals surface area (Å²) in [7, 11) is 0. The maximum atomic E-state index is 12.2. The number of carbonyl (C=O) groups is 3. The minimum absolute atomic E-state index is 0.0201. The first kappa shape index (κ1) is 17.2. The van der Waals surface area contributed by atoms with Crippen LogP contribution in [0.1, 0.15) is 34.6 Å². The SMILES string of the molecule is CC(C)C(=O)Nc1ccc(C(=O)Nc2ccccc2C(=O)O)cc1. The molecular weight excluding hydrogens is 308 g/mol. The van der Waals surface area contributed by atoms with Gasteiger partial charge in [-0.1, -0.05) is 26.0 Å². The molecule has 124 valence electrons. The molecule has 2 aromatic carbocycles. The summed E-state index contributed by atoms with van der Waals surface area (Å²) >= 11 is 0. The third-order valence-electron chi connectivity index (χ3n) is 3.34. The lowest BCUT2D eigenvalue weighted by atomic mass is 10.1. The van der Waals surface area contributed by atoms with E-state index in [4.69, 9.17) is 5.11 Å². The predicted octanol–water partition coefficient (Wildman–Crippen LogP) is 3.23. The van der Waals surface area contributed by atoms with Gasteiger partial charge in [-0.2, -0.15) is 0 Å². The highest BCUT2D eigenvalue weighted by Crippen LogP contribution is 2.17. The topological polar surface area (TPSA) is 95.5 Å². The molecule has 0 bridgehead atoms. The van der Waals surface area contributed by atoms with Crippen molar-refractivity contribution in [1.82, 2.24) is 0 Å². The molecule has 3 N–H and O–H groups in total. The van der Waals surface area contributed by atoms with Gasteiger partial charge in [0.15, 0.2) is 0 Å². The molecule has 24 heavy (non-hydrogen) atoms. The Hall–Kier alpha value is -3.15. The standard InChI is InChI=1S/C18H18N2O4/c1-11(2)16(21)19-13-9-7-12(8-10-13)17(22)20-15-6-4-3-5-14(15)18(23)24/h3-11H,1-2H3,(H,19,21)(H,20,22)(H,23,24). The summed E-state index contributed by atoms with van der Waals surface area (Å²) in [6, 6.07) is 12.6. The summed E-state index contributed by atoms with van der Waals surface area (Å²) in [5.74, 6) is -1.79. The largest absolute Gasteiger partial charge is 0.478 e. The van der Waals surface area contributed by atoms with Crippen molar-refractivity contribution in [1.29, 1.82) is 0 Å². The van der Waals surface area contributed by atoms with Gasteiger partial charge in [0.05, 0.1) is 11.3 Å². The van der Waals surface area contributed by atoms with Crippen LogP contribution < -0.4 is 10.6 Å². The van der Waals surface area contributed by atoms with Gasteiger partial charge in [0.2, 0.25) is 5.91 Å². The van der Waals surface area contributed by atoms with E-state index in [1.807, 2.05) is 0 Å². The molecule has 0 aliphatic heterocycles. The van der Waals surface area contributed by atoms with Crippen LogP contribution in [0.2, 0.25) is 0 Å². The zero-order chi connectivity index (χ0) is 17.7. The van der Waals surface area contributed by atoms with Gasteiger partial charge < -0.3 is 15.7 Å². The Labute approximate surface area is 139 Å². The van der Waals surface area contributed by atoms with E-state index < -0.39 is 11.9 Å². The lowest BCUT2D eigenvalue weighted by molar-refractivity contribution is -0.118. The fraction of sp³-hybridized carbons (Fsp3) is 0.167. The average molecular weight is 326 g/mol. The summed E-state index contributed by atoms with van der Waals surface area (Å²) in [5.41, 5.74) is 1.20. The van der Waals surface area contributed by atoms with Gasteiger partial charge in [0, 0.05) is 17.2 Å². The third kappa shape index (κ3) is 4.19. The Morgan fingerprint density at radius 1 is 0.917 bits per heavy atom. The van der Waals surface area contributed by atoms with Crippen LogP contribution >= 0.6 is 0 Å². The maximum Gasteiger partial charge on any atom is 0.337 e. The predicted molar refractivity (Wildman–Crippen MR) is 91.3 cm³/mol. The normalized spacial score (nSPS) is 10.3. The second-order valence-corrected chi connectivity index (χ2v) is 5.53. The number of benzene rings is 2. The van der Waals surface area contributed by atoms with Crippen molar-refractivity contribution in [3.63, 3.8) is 0 Å². The molecule has 2 amide bonds. The van der Waals surface area contributed by atoms with E-state index in [1.165, 1.54) is 12.1 Å². The molecule has 0 saturated carbocycles. The van der Waals surface area contributed by atoms with E-state index in [0.717, 1.165) is 0 Å². The fourth-order valence-corrected chi connectivity index (χ4v) is 1.96. The van der Waals surface area contributed by atoms with E-state index in [-0.39, 0.29) is 23.1 Å². The van der Waals surface area contributed by atoms with Gasteiger partial charge >= 0.3 is 5.97 Å². The Morgan fingerprint density at radius 2 is 1.54 bits per heavy atom. The summed E-state index contributed by atoms with van der Waals surface area (Å²) in [6.45, 7) is 3.58. The first-order chi connectivity index (χ1) is 11.4. The number of para-hydroxylation sites is 1. The van der Waals surface area contributed by atoms with Crippen LogP contribution in [-0.4, -0.2) is 22.9 Å². The molecule has 0 spiro atoms. The molecule has 0 unspecified atom stereocenters. The zero-order valence-corrected chi connectivity index (χ0v) is 13.4. The minimum atomic E-state index is -1.11. The van der Waals surface area contributed by atoms with Crippen molar-refractivity contribution in [3.05, 3.63) is 59.7 Å². The number of nitrogens with one attached hydrogen (secondary N) is 2. The van der Waals surface area contributed by atoms with Gasteiger partial charge in [-0.25, -0.2) is 4.79 Å². The molecule has 2 aromatic rings. The van der Waals surface area contributed by atoms with Gasteiger partial charge in [0.1, 0.15) is 0 Å². The molecule has 6 heteroatoms. The molecular formula is C18H18N2O4. The molecule has 6 nitrogen and oxygen atoms in total. The number of amides is 2. The monoisotopic (exact) mass is 326 g/mol. The quantitative estimate of drug-likeness (QED) is 0.786. The summed E-state index contributed by atoms with van der Waals surface area (Å²) in [5, 5.41) is 14.4. The van der Waals surface area contributed by atoms with Crippen LogP contribution in [0.3, 0.4) is 0 Å². The van der Waals surface area contributed by atoms with Crippen molar-refractivity contribution in [2.45, 2.75) is 13.8 Å². The number of anilines is 2. The van der Waals surface area contributed by atoms with E-state index in [1.54, 1.807) is 50.2 Å². The van der Waals surface area contributed by atoms with Crippen LogP contribution in [0.4, 0.5) is 11.4 Å². The summed E-state index contributed by atoms with van der Waals surface area (Å²) in [4.78, 5) is 35.0. The van der Waals surface area contributed by atoms with Crippen molar-refractivity contribution >= 4 is 29.2 Å². The second kappa shape index (κ2) is 7.41. The van der Waals surface area contributed by atoms with Crippen molar-refractivity contribution in [2.24, 2.45) is 5.92 Å². The fourth-order valence-electron chi connectivity index (χ4n) is 1.96. The van der Waals surface area contributed by atoms with Gasteiger partial charge in [-0.05, 0) is 36.4 Å². The third-order valence-corrected chi connectivity index (χ3v) is 3.34. The molecule has 0 aromatic heterocycles. The Morgan fingerprint density at radius 3 is 2.12 bits per heavy atom. The Balaban J connectivity index is 2.11. The van der Waals surface area contributed by atoms with E-state index in [9.17, 15) is 14.4 Å². The van der Waals surface area contributed by atoms with E-state index in [0.29, 0.717) is 11.3 Å². The molecule has 0 saturated heterocycles. The Bertz CT molecular complexity index is 767. The van der Waals surface area contributed by atoms with Crippen molar-refractivity contribution in [3.8, 4) is 0 Å². The summed E-state index contributed by atoms with van der Waals surface area (Å²) < 4.78 is 0. The molecule has 0 fully saturated rings. The lowest BCUT2D eigenvalue weighted by Crippen LogP contribution is -2.18. The highest BCUT2D eigenvalue weighted by atomic mass is 16.4. The van der Waals surface area contributed by atoms with Crippen LogP contribution in [-0.2, 0) is 4.79 Å². The minimum Gasteiger partial charge on any atom is -0.478 e. The molecule has 0 radical (unpaired) electrons. The first-order valence-corrected chi connectivity index (χ1v) is 7.43. The van der Waals surface area contributed by atoms with Crippen LogP contribution in [0.15, 0.2) is 48.5 Å². The number of carboxylic acids is 1. The molecule has 2 rings (SSSR count). The van der Waals surface area contributed by atoms with Gasteiger partial charge in [0.25, 0.3) is 5.91 Å². The van der Waals surface area contributed by atoms with Gasteiger partial charge in [-0.15, -0.1) is 0 Å². The lowest BCUT2D eigenvalue weighted by Gasteiger charge is -2.10. The number of rotatable bonds is 5. The van der Waals surface area contributed by atoms with E-state index in [2.05, 4.69) is 10.6 Å². The smallest absolute Gasteiger partial charge is 0.337 e. The Kier molecular flexibility index (Phi) is 5.31. The van der Waals surface area contributed by atoms with Crippen molar-refractivity contribution < 1.29 is 19.5 Å². The number of carboxylic acid groups (broad SMARTS) is 1. The average Bonchev–Trinajstić information content (AvgIpc) is 2.55. The number of carbonyl (C=O) groups excluding carboxylic acids is 2. The summed E-state index contributed by atoms with van der Waals surface area (Å²) in [6.07, 6.45) is 0. The first-order valence-electron chi connectivity index (χ1n) is 7.43. The highest BCUT2D eigenvalue weighted by molar-refractivity contribution is 6.08. The number of aromatic carboxylic acids is 1. The number of hydrogen-bond donors (Lipinski definition) is 3. The molecule has 0 heterocycles. The van der Waals surface area contributed by atoms with Gasteiger partial charge in [-0.3, -0.25) is 9.59 Å². The molecule has 0 aliphatic rings. The molecule has 0 atom stereocenters. The van der Waals surface area contributed by atoms with Crippen molar-refractivity contribution in [2.75, 3.05) is 10.6 Å².